The number of hydrogen-bond donors (Lipinski definition) is 0. The van der Waals surface area contributed by atoms with E-state index in [4.69, 9.17) is 0 Å². The largest absolute Gasteiger partial charge is 0.348 e. The van der Waals surface area contributed by atoms with E-state index in [1.807, 2.05) is 24.5 Å². The second-order valence-corrected chi connectivity index (χ2v) is 8.35. The number of rotatable bonds is 8. The number of amides is 1. The van der Waals surface area contributed by atoms with Crippen LogP contribution in [-0.2, 0) is 11.3 Å². The Morgan fingerprint density at radius 2 is 1.67 bits per heavy atom. The molecule has 1 aliphatic heterocycles. The van der Waals surface area contributed by atoms with Gasteiger partial charge in [0.1, 0.15) is 6.04 Å². The fourth-order valence-corrected chi connectivity index (χ4v) is 4.34. The number of carbonyl (C=O) groups excluding carboxylic acids is 1. The van der Waals surface area contributed by atoms with E-state index < -0.39 is 0 Å². The molecule has 0 aromatic carbocycles. The lowest BCUT2D eigenvalue weighted by Crippen LogP contribution is -2.51. The van der Waals surface area contributed by atoms with Crippen LogP contribution in [0.15, 0.2) is 36.7 Å². The van der Waals surface area contributed by atoms with Crippen molar-refractivity contribution >= 4 is 17.7 Å². The molecule has 0 spiro atoms. The lowest BCUT2D eigenvalue weighted by molar-refractivity contribution is -0.136. The van der Waals surface area contributed by atoms with Gasteiger partial charge in [0.25, 0.3) is 0 Å². The van der Waals surface area contributed by atoms with Gasteiger partial charge in [-0.25, -0.2) is 0 Å². The molecule has 0 saturated carbocycles. The van der Waals surface area contributed by atoms with E-state index in [9.17, 15) is 4.79 Å². The third-order valence-electron chi connectivity index (χ3n) is 5.61. The lowest BCUT2D eigenvalue weighted by atomic mass is 10.1. The molecule has 3 rings (SSSR count). The van der Waals surface area contributed by atoms with E-state index in [0.29, 0.717) is 0 Å². The van der Waals surface area contributed by atoms with Crippen molar-refractivity contribution in [3.8, 4) is 0 Å². The Kier molecular flexibility index (Phi) is 7.07. The minimum atomic E-state index is -0.0656. The van der Waals surface area contributed by atoms with E-state index in [1.54, 1.807) is 11.8 Å². The van der Waals surface area contributed by atoms with E-state index in [-0.39, 0.29) is 11.9 Å². The molecule has 1 atom stereocenters. The van der Waals surface area contributed by atoms with Gasteiger partial charge in [-0.15, -0.1) is 0 Å². The van der Waals surface area contributed by atoms with Gasteiger partial charge in [-0.05, 0) is 56.5 Å². The zero-order valence-corrected chi connectivity index (χ0v) is 17.6. The molecule has 1 aliphatic rings. The van der Waals surface area contributed by atoms with Crippen molar-refractivity contribution in [1.29, 1.82) is 0 Å². The summed E-state index contributed by atoms with van der Waals surface area (Å²) >= 11 is 1.80. The van der Waals surface area contributed by atoms with Crippen LogP contribution in [0.5, 0.6) is 0 Å². The molecule has 27 heavy (non-hydrogen) atoms. The SMILES string of the molecule is CSCC[C@H](C(=O)N1CCN(CCn2c(C)ccc2C)CC1)n1cccc1. The maximum atomic E-state index is 13.1. The smallest absolute Gasteiger partial charge is 0.245 e. The molecule has 1 fully saturated rings. The summed E-state index contributed by atoms with van der Waals surface area (Å²) in [6, 6.07) is 8.30. The van der Waals surface area contributed by atoms with Crippen LogP contribution in [0.2, 0.25) is 0 Å². The van der Waals surface area contributed by atoms with Gasteiger partial charge in [0.15, 0.2) is 0 Å². The summed E-state index contributed by atoms with van der Waals surface area (Å²) in [4.78, 5) is 17.7. The molecular formula is C21H32N4OS. The summed E-state index contributed by atoms with van der Waals surface area (Å²) in [6.45, 7) is 10.0. The highest BCUT2D eigenvalue weighted by Gasteiger charge is 2.27. The number of thioether (sulfide) groups is 1. The molecule has 2 aromatic heterocycles. The topological polar surface area (TPSA) is 33.4 Å². The predicted octanol–water partition coefficient (Wildman–Crippen LogP) is 3.05. The number of hydrogen-bond acceptors (Lipinski definition) is 3. The number of aromatic nitrogens is 2. The molecule has 0 N–H and O–H groups in total. The van der Waals surface area contributed by atoms with Gasteiger partial charge in [-0.3, -0.25) is 9.69 Å². The van der Waals surface area contributed by atoms with Crippen LogP contribution >= 0.6 is 11.8 Å². The van der Waals surface area contributed by atoms with Gasteiger partial charge in [-0.2, -0.15) is 11.8 Å². The standard InChI is InChI=1S/C21H32N4OS/c1-18-6-7-19(2)25(18)16-13-22-11-14-24(15-12-22)21(26)20(8-17-27-3)23-9-4-5-10-23/h4-7,9-10,20H,8,11-17H2,1-3H3/t20-/m1/s1. The monoisotopic (exact) mass is 388 g/mol. The van der Waals surface area contributed by atoms with Crippen molar-refractivity contribution in [3.05, 3.63) is 48.0 Å². The Morgan fingerprint density at radius 3 is 2.26 bits per heavy atom. The summed E-state index contributed by atoms with van der Waals surface area (Å²) < 4.78 is 4.45. The van der Waals surface area contributed by atoms with Crippen LogP contribution < -0.4 is 0 Å². The second-order valence-electron chi connectivity index (χ2n) is 7.36. The summed E-state index contributed by atoms with van der Waals surface area (Å²) in [5, 5.41) is 0. The molecule has 148 valence electrons. The number of nitrogens with zero attached hydrogens (tertiary/aromatic N) is 4. The van der Waals surface area contributed by atoms with Crippen molar-refractivity contribution in [2.45, 2.75) is 32.9 Å². The van der Waals surface area contributed by atoms with Crippen molar-refractivity contribution < 1.29 is 4.79 Å². The van der Waals surface area contributed by atoms with Crippen molar-refractivity contribution in [2.75, 3.05) is 44.7 Å². The van der Waals surface area contributed by atoms with Crippen molar-refractivity contribution in [1.82, 2.24) is 18.9 Å². The van der Waals surface area contributed by atoms with Gasteiger partial charge in [0.05, 0.1) is 0 Å². The van der Waals surface area contributed by atoms with Crippen molar-refractivity contribution in [3.63, 3.8) is 0 Å². The average molecular weight is 389 g/mol. The molecule has 0 aliphatic carbocycles. The first-order valence-corrected chi connectivity index (χ1v) is 11.2. The number of piperazine rings is 1. The highest BCUT2D eigenvalue weighted by molar-refractivity contribution is 7.98. The first-order valence-electron chi connectivity index (χ1n) is 9.85. The molecule has 2 aromatic rings. The molecule has 0 radical (unpaired) electrons. The van der Waals surface area contributed by atoms with Gasteiger partial charge in [0, 0.05) is 63.1 Å². The van der Waals surface area contributed by atoms with Gasteiger partial charge < -0.3 is 14.0 Å². The van der Waals surface area contributed by atoms with Crippen LogP contribution in [0.25, 0.3) is 0 Å². The first-order chi connectivity index (χ1) is 13.1. The van der Waals surface area contributed by atoms with Crippen LogP contribution in [0.4, 0.5) is 0 Å². The molecule has 1 amide bonds. The summed E-state index contributed by atoms with van der Waals surface area (Å²) in [6.07, 6.45) is 7.02. The predicted molar refractivity (Wildman–Crippen MR) is 113 cm³/mol. The van der Waals surface area contributed by atoms with Crippen LogP contribution in [0, 0.1) is 13.8 Å². The Bertz CT molecular complexity index is 697. The van der Waals surface area contributed by atoms with Crippen LogP contribution in [0.3, 0.4) is 0 Å². The Hall–Kier alpha value is -1.66. The maximum absolute atomic E-state index is 13.1. The quantitative estimate of drug-likeness (QED) is 0.697. The van der Waals surface area contributed by atoms with E-state index in [1.165, 1.54) is 11.4 Å². The third-order valence-corrected chi connectivity index (χ3v) is 6.25. The third kappa shape index (κ3) is 4.99. The maximum Gasteiger partial charge on any atom is 0.245 e. The summed E-state index contributed by atoms with van der Waals surface area (Å²) in [5.41, 5.74) is 2.65. The summed E-state index contributed by atoms with van der Waals surface area (Å²) in [5.74, 6) is 1.28. The second kappa shape index (κ2) is 9.51. The molecule has 6 heteroatoms. The Morgan fingerprint density at radius 1 is 1.04 bits per heavy atom. The molecule has 0 unspecified atom stereocenters. The zero-order chi connectivity index (χ0) is 19.2. The van der Waals surface area contributed by atoms with Gasteiger partial charge in [0.2, 0.25) is 5.91 Å². The zero-order valence-electron chi connectivity index (χ0n) is 16.8. The van der Waals surface area contributed by atoms with Crippen molar-refractivity contribution in [2.24, 2.45) is 0 Å². The average Bonchev–Trinajstić information content (AvgIpc) is 3.31. The normalized spacial score (nSPS) is 16.6. The minimum absolute atomic E-state index is 0.0656. The molecule has 0 bridgehead atoms. The Balaban J connectivity index is 1.52. The minimum Gasteiger partial charge on any atom is -0.348 e. The van der Waals surface area contributed by atoms with Crippen LogP contribution in [0.1, 0.15) is 23.9 Å². The van der Waals surface area contributed by atoms with Crippen LogP contribution in [-0.4, -0.2) is 69.6 Å². The Labute approximate surface area is 167 Å². The molecule has 3 heterocycles. The van der Waals surface area contributed by atoms with E-state index in [0.717, 1.165) is 51.4 Å². The van der Waals surface area contributed by atoms with Gasteiger partial charge >= 0.3 is 0 Å². The highest BCUT2D eigenvalue weighted by atomic mass is 32.2. The molecule has 5 nitrogen and oxygen atoms in total. The van der Waals surface area contributed by atoms with Gasteiger partial charge in [-0.1, -0.05) is 0 Å². The number of carbonyl (C=O) groups is 1. The first kappa shape index (κ1) is 20.1. The summed E-state index contributed by atoms with van der Waals surface area (Å²) in [7, 11) is 0. The highest BCUT2D eigenvalue weighted by Crippen LogP contribution is 2.19. The number of aryl methyl sites for hydroxylation is 2. The van der Waals surface area contributed by atoms with E-state index in [2.05, 4.69) is 51.2 Å². The molecule has 1 saturated heterocycles. The molecular weight excluding hydrogens is 356 g/mol. The lowest BCUT2D eigenvalue weighted by Gasteiger charge is -2.37. The van der Waals surface area contributed by atoms with E-state index >= 15 is 0 Å². The fourth-order valence-electron chi connectivity index (χ4n) is 3.88. The fraction of sp³-hybridized carbons (Fsp3) is 0.571.